The van der Waals surface area contributed by atoms with Gasteiger partial charge in [0.15, 0.2) is 0 Å². The molecule has 0 fully saturated rings. The first-order chi connectivity index (χ1) is 7.06. The monoisotopic (exact) mass is 226 g/mol. The summed E-state index contributed by atoms with van der Waals surface area (Å²) in [5.41, 5.74) is -0.881. The van der Waals surface area contributed by atoms with Gasteiger partial charge in [0, 0.05) is 0 Å². The van der Waals surface area contributed by atoms with Crippen molar-refractivity contribution in [1.29, 1.82) is 0 Å². The van der Waals surface area contributed by atoms with E-state index in [9.17, 15) is 5.11 Å². The van der Waals surface area contributed by atoms with Crippen molar-refractivity contribution in [3.05, 3.63) is 12.2 Å². The van der Waals surface area contributed by atoms with E-state index in [1.807, 2.05) is 0 Å². The molecule has 96 valence electrons. The van der Waals surface area contributed by atoms with Crippen LogP contribution in [0.4, 0.5) is 0 Å². The van der Waals surface area contributed by atoms with Gasteiger partial charge in [0.2, 0.25) is 0 Å². The van der Waals surface area contributed by atoms with E-state index in [2.05, 4.69) is 60.6 Å². The normalized spacial score (nSPS) is 14.8. The van der Waals surface area contributed by atoms with E-state index in [1.165, 1.54) is 6.42 Å². The fourth-order valence-electron chi connectivity index (χ4n) is 2.28. The van der Waals surface area contributed by atoms with Crippen LogP contribution in [0.25, 0.3) is 0 Å². The van der Waals surface area contributed by atoms with Crippen LogP contribution in [0.3, 0.4) is 0 Å². The molecule has 0 aromatic rings. The fourth-order valence-corrected chi connectivity index (χ4v) is 2.28. The Labute approximate surface area is 102 Å². The average molecular weight is 226 g/mol. The summed E-state index contributed by atoms with van der Waals surface area (Å²) in [4.78, 5) is 0. The summed E-state index contributed by atoms with van der Waals surface area (Å²) in [7, 11) is 0. The third-order valence-corrected chi connectivity index (χ3v) is 3.52. The summed E-state index contributed by atoms with van der Waals surface area (Å²) >= 11 is 0. The molecule has 0 bridgehead atoms. The second-order valence-electron chi connectivity index (χ2n) is 6.82. The first-order valence-corrected chi connectivity index (χ1v) is 6.43. The summed E-state index contributed by atoms with van der Waals surface area (Å²) in [5.74, 6) is 0. The second-order valence-corrected chi connectivity index (χ2v) is 6.82. The van der Waals surface area contributed by atoms with Gasteiger partial charge < -0.3 is 5.11 Å². The third-order valence-electron chi connectivity index (χ3n) is 3.52. The van der Waals surface area contributed by atoms with Gasteiger partial charge in [-0.2, -0.15) is 0 Å². The maximum absolute atomic E-state index is 10.9. The van der Waals surface area contributed by atoms with Gasteiger partial charge in [-0.15, -0.1) is 0 Å². The van der Waals surface area contributed by atoms with Crippen molar-refractivity contribution in [2.75, 3.05) is 0 Å². The minimum atomic E-state index is -0.662. The summed E-state index contributed by atoms with van der Waals surface area (Å²) in [6.07, 6.45) is 7.33. The minimum Gasteiger partial charge on any atom is -0.388 e. The molecular weight excluding hydrogens is 196 g/mol. The SMILES string of the molecule is CCCC=CCC(O)(C(C)(C)C)C(C)(C)C. The number of rotatable bonds is 4. The van der Waals surface area contributed by atoms with E-state index >= 15 is 0 Å². The predicted octanol–water partition coefficient (Wildman–Crippen LogP) is 4.56. The maximum atomic E-state index is 10.9. The number of hydrogen-bond acceptors (Lipinski definition) is 1. The van der Waals surface area contributed by atoms with Crippen LogP contribution < -0.4 is 0 Å². The Hall–Kier alpha value is -0.300. The molecule has 0 aliphatic carbocycles. The quantitative estimate of drug-likeness (QED) is 0.697. The number of hydrogen-bond donors (Lipinski definition) is 1. The zero-order valence-corrected chi connectivity index (χ0v) is 12.2. The van der Waals surface area contributed by atoms with Gasteiger partial charge in [-0.1, -0.05) is 67.0 Å². The molecule has 1 nitrogen and oxygen atoms in total. The lowest BCUT2D eigenvalue weighted by atomic mass is 9.61. The number of aliphatic hydroxyl groups is 1. The van der Waals surface area contributed by atoms with Gasteiger partial charge in [-0.05, 0) is 23.7 Å². The molecule has 0 unspecified atom stereocenters. The van der Waals surface area contributed by atoms with Crippen molar-refractivity contribution < 1.29 is 5.11 Å². The highest BCUT2D eigenvalue weighted by atomic mass is 16.3. The predicted molar refractivity (Wildman–Crippen MR) is 72.5 cm³/mol. The number of unbranched alkanes of at least 4 members (excludes halogenated alkanes) is 1. The van der Waals surface area contributed by atoms with E-state index in [0.29, 0.717) is 0 Å². The average Bonchev–Trinajstić information content (AvgIpc) is 2.08. The molecule has 0 saturated heterocycles. The fraction of sp³-hybridized carbons (Fsp3) is 0.867. The Morgan fingerprint density at radius 2 is 1.31 bits per heavy atom. The smallest absolute Gasteiger partial charge is 0.0777 e. The highest BCUT2D eigenvalue weighted by Crippen LogP contribution is 2.46. The van der Waals surface area contributed by atoms with E-state index in [4.69, 9.17) is 0 Å². The van der Waals surface area contributed by atoms with Gasteiger partial charge in [0.05, 0.1) is 5.60 Å². The Balaban J connectivity index is 4.85. The van der Waals surface area contributed by atoms with Crippen molar-refractivity contribution >= 4 is 0 Å². The molecule has 1 N–H and O–H groups in total. The van der Waals surface area contributed by atoms with Gasteiger partial charge in [-0.3, -0.25) is 0 Å². The number of allylic oxidation sites excluding steroid dienone is 1. The highest BCUT2D eigenvalue weighted by molar-refractivity contribution is 5.04. The van der Waals surface area contributed by atoms with E-state index in [0.717, 1.165) is 12.8 Å². The standard InChI is InChI=1S/C15H30O/c1-8-9-10-11-12-15(16,13(2,3)4)14(5,6)7/h10-11,16H,8-9,12H2,1-7H3. The molecule has 1 heteroatoms. The largest absolute Gasteiger partial charge is 0.388 e. The van der Waals surface area contributed by atoms with Crippen molar-refractivity contribution in [2.24, 2.45) is 10.8 Å². The molecule has 0 saturated carbocycles. The lowest BCUT2D eigenvalue weighted by molar-refractivity contribution is -0.134. The van der Waals surface area contributed by atoms with Crippen LogP contribution in [0.15, 0.2) is 12.2 Å². The molecule has 0 aliphatic rings. The molecular formula is C15H30O. The summed E-state index contributed by atoms with van der Waals surface area (Å²) in [5, 5.41) is 10.9. The molecule has 0 atom stereocenters. The Morgan fingerprint density at radius 3 is 1.62 bits per heavy atom. The van der Waals surface area contributed by atoms with Gasteiger partial charge in [0.1, 0.15) is 0 Å². The van der Waals surface area contributed by atoms with Crippen LogP contribution in [-0.4, -0.2) is 10.7 Å². The lowest BCUT2D eigenvalue weighted by Gasteiger charge is -2.49. The first kappa shape index (κ1) is 15.7. The molecule has 0 aliphatic heterocycles. The molecule has 0 spiro atoms. The molecule has 16 heavy (non-hydrogen) atoms. The molecule has 0 rings (SSSR count). The maximum Gasteiger partial charge on any atom is 0.0777 e. The van der Waals surface area contributed by atoms with Crippen molar-refractivity contribution in [3.63, 3.8) is 0 Å². The zero-order valence-electron chi connectivity index (χ0n) is 12.2. The Kier molecular flexibility index (Phi) is 5.25. The van der Waals surface area contributed by atoms with Gasteiger partial charge in [0.25, 0.3) is 0 Å². The summed E-state index contributed by atoms with van der Waals surface area (Å²) in [6, 6.07) is 0. The van der Waals surface area contributed by atoms with E-state index in [1.54, 1.807) is 0 Å². The lowest BCUT2D eigenvalue weighted by Crippen LogP contribution is -2.52. The zero-order chi connectivity index (χ0) is 13.0. The van der Waals surface area contributed by atoms with Crippen molar-refractivity contribution in [2.45, 2.75) is 73.3 Å². The van der Waals surface area contributed by atoms with Crippen LogP contribution in [0, 0.1) is 10.8 Å². The molecule has 0 heterocycles. The molecule has 0 radical (unpaired) electrons. The minimum absolute atomic E-state index is 0.109. The third kappa shape index (κ3) is 3.62. The molecule has 0 aromatic carbocycles. The van der Waals surface area contributed by atoms with E-state index < -0.39 is 5.60 Å². The topological polar surface area (TPSA) is 20.2 Å². The van der Waals surface area contributed by atoms with Crippen LogP contribution in [0.1, 0.15) is 67.7 Å². The second kappa shape index (κ2) is 5.35. The van der Waals surface area contributed by atoms with Gasteiger partial charge in [-0.25, -0.2) is 0 Å². The molecule has 0 aromatic heterocycles. The van der Waals surface area contributed by atoms with E-state index in [-0.39, 0.29) is 10.8 Å². The van der Waals surface area contributed by atoms with Crippen molar-refractivity contribution in [3.8, 4) is 0 Å². The van der Waals surface area contributed by atoms with Gasteiger partial charge >= 0.3 is 0 Å². The van der Waals surface area contributed by atoms with Crippen molar-refractivity contribution in [1.82, 2.24) is 0 Å². The van der Waals surface area contributed by atoms with Crippen LogP contribution in [0.2, 0.25) is 0 Å². The van der Waals surface area contributed by atoms with Crippen LogP contribution >= 0.6 is 0 Å². The molecule has 0 amide bonds. The van der Waals surface area contributed by atoms with Crippen LogP contribution in [0.5, 0.6) is 0 Å². The Morgan fingerprint density at radius 1 is 0.875 bits per heavy atom. The summed E-state index contributed by atoms with van der Waals surface area (Å²) in [6.45, 7) is 14.9. The first-order valence-electron chi connectivity index (χ1n) is 6.43. The summed E-state index contributed by atoms with van der Waals surface area (Å²) < 4.78 is 0. The highest BCUT2D eigenvalue weighted by Gasteiger charge is 2.47. The van der Waals surface area contributed by atoms with Crippen LogP contribution in [-0.2, 0) is 0 Å². The Bertz CT molecular complexity index is 211.